The molecule has 0 N–H and O–H groups in total. The van der Waals surface area contributed by atoms with Gasteiger partial charge in [-0.25, -0.2) is 4.90 Å². The quantitative estimate of drug-likeness (QED) is 0.440. The second-order valence-corrected chi connectivity index (χ2v) is 9.70. The Hall–Kier alpha value is -0.160. The molecule has 25 heavy (non-hydrogen) atoms. The molecule has 4 rings (SSSR count). The smallest absolute Gasteiger partial charge is 0.240 e. The van der Waals surface area contributed by atoms with Crippen molar-refractivity contribution in [2.24, 2.45) is 11.8 Å². The zero-order valence-electron chi connectivity index (χ0n) is 12.5. The Kier molecular flexibility index (Phi) is 3.80. The lowest BCUT2D eigenvalue weighted by atomic mass is 9.84. The number of nitrogens with zero attached hydrogens (tertiary/aromatic N) is 1. The summed E-state index contributed by atoms with van der Waals surface area (Å²) in [6, 6.07) is 6.91. The van der Waals surface area contributed by atoms with E-state index in [1.807, 2.05) is 6.92 Å². The summed E-state index contributed by atoms with van der Waals surface area (Å²) in [6.45, 7) is 1.90. The number of hydrogen-bond donors (Lipinski definition) is 0. The molecule has 0 aromatic heterocycles. The molecule has 2 amide bonds. The Balaban J connectivity index is 1.90. The first-order valence-electron chi connectivity index (χ1n) is 7.27. The monoisotopic (exact) mass is 457 g/mol. The van der Waals surface area contributed by atoms with Crippen molar-refractivity contribution < 1.29 is 9.59 Å². The number of allylic oxidation sites excluding steroid dienone is 2. The number of anilines is 1. The van der Waals surface area contributed by atoms with Gasteiger partial charge in [0.05, 0.1) is 27.6 Å². The van der Waals surface area contributed by atoms with Crippen LogP contribution >= 0.6 is 69.6 Å². The predicted octanol–water partition coefficient (Wildman–Crippen LogP) is 4.95. The maximum Gasteiger partial charge on any atom is 0.240 e. The minimum Gasteiger partial charge on any atom is -0.274 e. The average Bonchev–Trinajstić information content (AvgIpc) is 2.94. The molecule has 2 bridgehead atoms. The van der Waals surface area contributed by atoms with E-state index in [1.54, 1.807) is 24.3 Å². The number of amides is 2. The first-order valence-corrected chi connectivity index (χ1v) is 9.54. The average molecular weight is 460 g/mol. The van der Waals surface area contributed by atoms with Crippen LogP contribution in [0.3, 0.4) is 0 Å². The Labute approximate surface area is 173 Å². The van der Waals surface area contributed by atoms with Crippen molar-refractivity contribution in [2.75, 3.05) is 4.90 Å². The number of fused-ring (bicyclic) bond motifs is 5. The number of hydrogen-bond acceptors (Lipinski definition) is 2. The number of carbonyl (C=O) groups excluding carboxylic acids is 2. The molecule has 1 aromatic carbocycles. The second kappa shape index (κ2) is 5.21. The number of imide groups is 1. The summed E-state index contributed by atoms with van der Waals surface area (Å²) in [4.78, 5) is 23.7. The molecule has 4 atom stereocenters. The second-order valence-electron chi connectivity index (χ2n) is 6.43. The van der Waals surface area contributed by atoms with Crippen LogP contribution < -0.4 is 4.90 Å². The standard InChI is InChI=1S/C16H9Cl6NO2/c1-6-2-4-7(5-3-6)23-12(24)8-9(13(23)25)15(20)11(18)10(17)14(8,19)16(15,21)22/h2-5,8-9H,1H3/t8-,9+,14-,15-/m0/s1. The molecule has 0 spiro atoms. The molecule has 1 aliphatic heterocycles. The van der Waals surface area contributed by atoms with Gasteiger partial charge in [0, 0.05) is 0 Å². The number of alkyl halides is 4. The van der Waals surface area contributed by atoms with Gasteiger partial charge in [0.1, 0.15) is 9.75 Å². The van der Waals surface area contributed by atoms with E-state index in [0.29, 0.717) is 5.69 Å². The first-order chi connectivity index (χ1) is 11.5. The number of benzene rings is 1. The molecule has 3 nitrogen and oxygen atoms in total. The fraction of sp³-hybridized carbons (Fsp3) is 0.375. The van der Waals surface area contributed by atoms with Crippen molar-refractivity contribution in [1.29, 1.82) is 0 Å². The normalized spacial score (nSPS) is 38.8. The molecule has 1 heterocycles. The molecular formula is C16H9Cl6NO2. The van der Waals surface area contributed by atoms with Gasteiger partial charge in [-0.2, -0.15) is 0 Å². The van der Waals surface area contributed by atoms with Crippen LogP contribution in [0.25, 0.3) is 0 Å². The summed E-state index contributed by atoms with van der Waals surface area (Å²) >= 11 is 38.6. The summed E-state index contributed by atoms with van der Waals surface area (Å²) in [5.41, 5.74) is 1.40. The molecule has 132 valence electrons. The third-order valence-electron chi connectivity index (χ3n) is 5.20. The zero-order valence-corrected chi connectivity index (χ0v) is 17.0. The molecule has 3 aliphatic rings. The van der Waals surface area contributed by atoms with Crippen molar-refractivity contribution in [2.45, 2.75) is 21.0 Å². The van der Waals surface area contributed by atoms with Crippen LogP contribution in [-0.2, 0) is 9.59 Å². The molecule has 1 aromatic rings. The highest BCUT2D eigenvalue weighted by Gasteiger charge is 2.87. The van der Waals surface area contributed by atoms with E-state index < -0.39 is 37.7 Å². The number of carbonyl (C=O) groups is 2. The SMILES string of the molecule is Cc1ccc(N2C(=O)[C@@H]3[C@H](C2=O)[C@]2(Cl)C(Cl)=C(Cl)[C@]3(Cl)C2(Cl)Cl)cc1. The van der Waals surface area contributed by atoms with Gasteiger partial charge < -0.3 is 0 Å². The maximum atomic E-state index is 13.1. The van der Waals surface area contributed by atoms with E-state index in [-0.39, 0.29) is 10.1 Å². The summed E-state index contributed by atoms with van der Waals surface area (Å²) in [7, 11) is 0. The number of halogens is 6. The van der Waals surface area contributed by atoms with Crippen LogP contribution in [0.1, 0.15) is 5.56 Å². The summed E-state index contributed by atoms with van der Waals surface area (Å²) in [5.74, 6) is -3.32. The Bertz CT molecular complexity index is 820. The zero-order chi connectivity index (χ0) is 18.5. The van der Waals surface area contributed by atoms with Gasteiger partial charge in [0.15, 0.2) is 4.33 Å². The van der Waals surface area contributed by atoms with E-state index in [0.717, 1.165) is 10.5 Å². The minimum absolute atomic E-state index is 0.0935. The lowest BCUT2D eigenvalue weighted by molar-refractivity contribution is -0.123. The molecular weight excluding hydrogens is 451 g/mol. The number of aryl methyl sites for hydroxylation is 1. The van der Waals surface area contributed by atoms with Crippen molar-refractivity contribution >= 4 is 87.1 Å². The van der Waals surface area contributed by atoms with Crippen molar-refractivity contribution in [3.63, 3.8) is 0 Å². The van der Waals surface area contributed by atoms with Gasteiger partial charge >= 0.3 is 0 Å². The van der Waals surface area contributed by atoms with Gasteiger partial charge in [0.2, 0.25) is 11.8 Å². The predicted molar refractivity (Wildman–Crippen MR) is 101 cm³/mol. The molecule has 9 heteroatoms. The summed E-state index contributed by atoms with van der Waals surface area (Å²) in [6.07, 6.45) is 0. The molecule has 2 fully saturated rings. The maximum absolute atomic E-state index is 13.1. The Morgan fingerprint density at radius 2 is 1.24 bits per heavy atom. The lowest BCUT2D eigenvalue weighted by Gasteiger charge is -2.34. The topological polar surface area (TPSA) is 37.4 Å². The molecule has 1 saturated carbocycles. The molecule has 2 aliphatic carbocycles. The van der Waals surface area contributed by atoms with Gasteiger partial charge in [0.25, 0.3) is 0 Å². The molecule has 1 saturated heterocycles. The van der Waals surface area contributed by atoms with Gasteiger partial charge in [-0.05, 0) is 19.1 Å². The van der Waals surface area contributed by atoms with Crippen molar-refractivity contribution in [3.8, 4) is 0 Å². The van der Waals surface area contributed by atoms with E-state index >= 15 is 0 Å². The van der Waals surface area contributed by atoms with E-state index in [9.17, 15) is 9.59 Å². The van der Waals surface area contributed by atoms with Crippen LogP contribution in [0, 0.1) is 18.8 Å². The molecule has 0 radical (unpaired) electrons. The van der Waals surface area contributed by atoms with E-state index in [4.69, 9.17) is 69.6 Å². The van der Waals surface area contributed by atoms with Crippen LogP contribution in [0.2, 0.25) is 0 Å². The van der Waals surface area contributed by atoms with Crippen LogP contribution in [0.4, 0.5) is 5.69 Å². The summed E-state index contributed by atoms with van der Waals surface area (Å²) in [5, 5.41) is -0.187. The van der Waals surface area contributed by atoms with Crippen molar-refractivity contribution in [1.82, 2.24) is 0 Å². The largest absolute Gasteiger partial charge is 0.274 e. The van der Waals surface area contributed by atoms with Gasteiger partial charge in [-0.1, -0.05) is 64.1 Å². The minimum atomic E-state index is -1.91. The summed E-state index contributed by atoms with van der Waals surface area (Å²) < 4.78 is -1.91. The third kappa shape index (κ3) is 1.78. The van der Waals surface area contributed by atoms with Gasteiger partial charge in [-0.15, -0.1) is 23.2 Å². The molecule has 0 unspecified atom stereocenters. The highest BCUT2D eigenvalue weighted by molar-refractivity contribution is 6.67. The highest BCUT2D eigenvalue weighted by atomic mass is 35.5. The fourth-order valence-corrected chi connectivity index (χ4v) is 6.87. The van der Waals surface area contributed by atoms with Crippen LogP contribution in [-0.4, -0.2) is 25.9 Å². The first kappa shape index (κ1) is 18.2. The van der Waals surface area contributed by atoms with E-state index in [1.165, 1.54) is 0 Å². The van der Waals surface area contributed by atoms with Crippen LogP contribution in [0.15, 0.2) is 34.3 Å². The van der Waals surface area contributed by atoms with Crippen LogP contribution in [0.5, 0.6) is 0 Å². The number of rotatable bonds is 1. The highest BCUT2D eigenvalue weighted by Crippen LogP contribution is 2.77. The van der Waals surface area contributed by atoms with Gasteiger partial charge in [-0.3, -0.25) is 9.59 Å². The van der Waals surface area contributed by atoms with Crippen molar-refractivity contribution in [3.05, 3.63) is 39.9 Å². The fourth-order valence-electron chi connectivity index (χ4n) is 3.94. The van der Waals surface area contributed by atoms with E-state index in [2.05, 4.69) is 0 Å². The Morgan fingerprint density at radius 3 is 1.64 bits per heavy atom. The Morgan fingerprint density at radius 1 is 0.840 bits per heavy atom. The third-order valence-corrected chi connectivity index (χ3v) is 9.46. The lowest BCUT2D eigenvalue weighted by Crippen LogP contribution is -2.50.